The van der Waals surface area contributed by atoms with Gasteiger partial charge in [-0.25, -0.2) is 9.59 Å². The molecule has 0 aliphatic heterocycles. The fourth-order valence-corrected chi connectivity index (χ4v) is 3.21. The van der Waals surface area contributed by atoms with Crippen LogP contribution in [0.2, 0.25) is 0 Å². The third kappa shape index (κ3) is 10.4. The van der Waals surface area contributed by atoms with Crippen LogP contribution in [-0.2, 0) is 20.7 Å². The Morgan fingerprint density at radius 3 is 2.24 bits per heavy atom. The number of hydrogen-bond donors (Lipinski definition) is 1. The Morgan fingerprint density at radius 1 is 1.10 bits per heavy atom. The fraction of sp³-hybridized carbons (Fsp3) is 0.591. The first kappa shape index (κ1) is 25.0. The molecule has 1 rings (SSSR count). The van der Waals surface area contributed by atoms with E-state index >= 15 is 0 Å². The first-order valence-corrected chi connectivity index (χ1v) is 10.9. The minimum Gasteiger partial charge on any atom is -0.458 e. The number of benzene rings is 1. The van der Waals surface area contributed by atoms with Gasteiger partial charge in [0.05, 0.1) is 0 Å². The second-order valence-electron chi connectivity index (χ2n) is 8.27. The molecule has 29 heavy (non-hydrogen) atoms. The number of esters is 1. The number of carbonyl (C=O) groups excluding carboxylic acids is 3. The van der Waals surface area contributed by atoms with Crippen molar-refractivity contribution in [2.24, 2.45) is 5.92 Å². The Morgan fingerprint density at radius 2 is 1.72 bits per heavy atom. The molecule has 1 atom stereocenters. The lowest BCUT2D eigenvalue weighted by atomic mass is 10.0. The van der Waals surface area contributed by atoms with Crippen LogP contribution in [0.5, 0.6) is 0 Å². The van der Waals surface area contributed by atoms with Crippen molar-refractivity contribution in [1.82, 2.24) is 10.2 Å². The van der Waals surface area contributed by atoms with Crippen LogP contribution >= 0.6 is 11.8 Å². The highest BCUT2D eigenvalue weighted by Gasteiger charge is 2.30. The summed E-state index contributed by atoms with van der Waals surface area (Å²) in [7, 11) is 0. The van der Waals surface area contributed by atoms with E-state index in [0.29, 0.717) is 25.3 Å². The van der Waals surface area contributed by atoms with Gasteiger partial charge >= 0.3 is 12.0 Å². The number of nitrogens with zero attached hydrogens (tertiary/aromatic N) is 1. The third-order valence-electron chi connectivity index (χ3n) is 4.07. The number of rotatable bonds is 9. The number of carbonyl (C=O) groups is 3. The van der Waals surface area contributed by atoms with Crippen molar-refractivity contribution >= 4 is 28.9 Å². The lowest BCUT2D eigenvalue weighted by molar-refractivity contribution is -0.158. The second kappa shape index (κ2) is 11.9. The molecule has 0 aromatic heterocycles. The zero-order chi connectivity index (χ0) is 22.0. The standard InChI is InChI=1S/C22H34N2O4S/c1-16(2)19(20(26)28-22(4,5)6)23-21(27)24(14-15-29-17(3)25)13-12-18-10-8-7-9-11-18/h7-11,16,19H,12-15H2,1-6H3,(H,23,27). The summed E-state index contributed by atoms with van der Waals surface area (Å²) in [5.74, 6) is -0.0469. The van der Waals surface area contributed by atoms with Crippen LogP contribution in [0, 0.1) is 5.92 Å². The highest BCUT2D eigenvalue weighted by atomic mass is 32.2. The maximum atomic E-state index is 12.9. The van der Waals surface area contributed by atoms with Gasteiger partial charge in [0.15, 0.2) is 5.12 Å². The van der Waals surface area contributed by atoms with Gasteiger partial charge in [0, 0.05) is 25.8 Å². The summed E-state index contributed by atoms with van der Waals surface area (Å²) in [4.78, 5) is 38.4. The number of urea groups is 1. The van der Waals surface area contributed by atoms with E-state index in [9.17, 15) is 14.4 Å². The van der Waals surface area contributed by atoms with E-state index in [-0.39, 0.29) is 17.1 Å². The molecule has 1 aromatic carbocycles. The first-order valence-electron chi connectivity index (χ1n) is 9.95. The highest BCUT2D eigenvalue weighted by Crippen LogP contribution is 2.13. The van der Waals surface area contributed by atoms with Crippen molar-refractivity contribution in [3.05, 3.63) is 35.9 Å². The molecule has 1 N–H and O–H groups in total. The number of thioether (sulfide) groups is 1. The van der Waals surface area contributed by atoms with E-state index in [1.54, 1.807) is 25.7 Å². The number of hydrogen-bond acceptors (Lipinski definition) is 5. The van der Waals surface area contributed by atoms with Gasteiger partial charge in [0.25, 0.3) is 0 Å². The number of amides is 2. The molecule has 7 heteroatoms. The smallest absolute Gasteiger partial charge is 0.329 e. The molecule has 0 heterocycles. The minimum absolute atomic E-state index is 0.0160. The maximum Gasteiger partial charge on any atom is 0.329 e. The van der Waals surface area contributed by atoms with Gasteiger partial charge < -0.3 is 15.0 Å². The molecule has 6 nitrogen and oxygen atoms in total. The van der Waals surface area contributed by atoms with Crippen LogP contribution in [0.15, 0.2) is 30.3 Å². The van der Waals surface area contributed by atoms with E-state index < -0.39 is 17.6 Å². The van der Waals surface area contributed by atoms with Crippen LogP contribution in [0.3, 0.4) is 0 Å². The van der Waals surface area contributed by atoms with Crippen LogP contribution in [-0.4, -0.2) is 52.5 Å². The van der Waals surface area contributed by atoms with Crippen molar-refractivity contribution in [3.8, 4) is 0 Å². The Bertz CT molecular complexity index is 671. The van der Waals surface area contributed by atoms with E-state index in [2.05, 4.69) is 5.32 Å². The zero-order valence-electron chi connectivity index (χ0n) is 18.4. The molecular formula is C22H34N2O4S. The molecule has 0 spiro atoms. The van der Waals surface area contributed by atoms with Crippen molar-refractivity contribution in [2.45, 2.75) is 59.6 Å². The first-order chi connectivity index (χ1) is 13.5. The molecule has 0 saturated carbocycles. The molecule has 1 unspecified atom stereocenters. The summed E-state index contributed by atoms with van der Waals surface area (Å²) in [6.45, 7) is 11.6. The van der Waals surface area contributed by atoms with Gasteiger partial charge in [-0.1, -0.05) is 55.9 Å². The molecule has 1 aromatic rings. The summed E-state index contributed by atoms with van der Waals surface area (Å²) in [6.07, 6.45) is 0.692. The molecule has 0 aliphatic carbocycles. The quantitative estimate of drug-likeness (QED) is 0.611. The Labute approximate surface area is 178 Å². The predicted molar refractivity (Wildman–Crippen MR) is 118 cm³/mol. The van der Waals surface area contributed by atoms with Gasteiger partial charge in [-0.05, 0) is 38.7 Å². The van der Waals surface area contributed by atoms with Crippen molar-refractivity contribution in [3.63, 3.8) is 0 Å². The van der Waals surface area contributed by atoms with Gasteiger partial charge in [-0.15, -0.1) is 0 Å². The van der Waals surface area contributed by atoms with Crippen LogP contribution in [0.1, 0.15) is 47.1 Å². The largest absolute Gasteiger partial charge is 0.458 e. The SMILES string of the molecule is CC(=O)SCCN(CCc1ccccc1)C(=O)NC(C(=O)OC(C)(C)C)C(C)C. The second-order valence-corrected chi connectivity index (χ2v) is 9.54. The van der Waals surface area contributed by atoms with Crippen LogP contribution in [0.25, 0.3) is 0 Å². The molecule has 0 radical (unpaired) electrons. The van der Waals surface area contributed by atoms with Crippen LogP contribution in [0.4, 0.5) is 4.79 Å². The van der Waals surface area contributed by atoms with Gasteiger partial charge in [-0.3, -0.25) is 4.79 Å². The van der Waals surface area contributed by atoms with E-state index in [1.807, 2.05) is 44.2 Å². The molecule has 0 fully saturated rings. The van der Waals surface area contributed by atoms with E-state index in [0.717, 1.165) is 5.56 Å². The molecule has 0 bridgehead atoms. The molecule has 0 aliphatic rings. The summed E-state index contributed by atoms with van der Waals surface area (Å²) in [5, 5.41) is 2.85. The Hall–Kier alpha value is -2.02. The molecule has 0 saturated heterocycles. The van der Waals surface area contributed by atoms with Gasteiger partial charge in [-0.2, -0.15) is 0 Å². The lowest BCUT2D eigenvalue weighted by Crippen LogP contribution is -2.52. The summed E-state index contributed by atoms with van der Waals surface area (Å²) in [5.41, 5.74) is 0.497. The lowest BCUT2D eigenvalue weighted by Gasteiger charge is -2.29. The predicted octanol–water partition coefficient (Wildman–Crippen LogP) is 3.89. The molecule has 2 amide bonds. The van der Waals surface area contributed by atoms with E-state index in [4.69, 9.17) is 4.74 Å². The number of ether oxygens (including phenoxy) is 1. The Balaban J connectivity index is 2.82. The summed E-state index contributed by atoms with van der Waals surface area (Å²) in [6, 6.07) is 8.84. The van der Waals surface area contributed by atoms with Crippen molar-refractivity contribution in [2.75, 3.05) is 18.8 Å². The maximum absolute atomic E-state index is 12.9. The van der Waals surface area contributed by atoms with Crippen molar-refractivity contribution in [1.29, 1.82) is 0 Å². The van der Waals surface area contributed by atoms with Crippen molar-refractivity contribution < 1.29 is 19.1 Å². The van der Waals surface area contributed by atoms with Gasteiger partial charge in [0.1, 0.15) is 11.6 Å². The summed E-state index contributed by atoms with van der Waals surface area (Å²) < 4.78 is 5.46. The normalized spacial score (nSPS) is 12.4. The monoisotopic (exact) mass is 422 g/mol. The molecule has 162 valence electrons. The summed E-state index contributed by atoms with van der Waals surface area (Å²) >= 11 is 1.19. The Kier molecular flexibility index (Phi) is 10.2. The third-order valence-corrected chi connectivity index (χ3v) is 4.87. The molecular weight excluding hydrogens is 388 g/mol. The highest BCUT2D eigenvalue weighted by molar-refractivity contribution is 8.13. The van der Waals surface area contributed by atoms with Crippen LogP contribution < -0.4 is 5.32 Å². The minimum atomic E-state index is -0.735. The fourth-order valence-electron chi connectivity index (χ4n) is 2.61. The average Bonchev–Trinajstić information content (AvgIpc) is 2.61. The number of nitrogens with one attached hydrogen (secondary N) is 1. The van der Waals surface area contributed by atoms with E-state index in [1.165, 1.54) is 18.7 Å². The average molecular weight is 423 g/mol. The topological polar surface area (TPSA) is 75.7 Å². The zero-order valence-corrected chi connectivity index (χ0v) is 19.2. The van der Waals surface area contributed by atoms with Gasteiger partial charge in [0.2, 0.25) is 0 Å².